The van der Waals surface area contributed by atoms with Crippen LogP contribution in [0.4, 0.5) is 0 Å². The number of thiophene rings is 1. The van der Waals surface area contributed by atoms with Crippen molar-refractivity contribution in [1.29, 1.82) is 0 Å². The predicted octanol–water partition coefficient (Wildman–Crippen LogP) is 3.08. The Balaban J connectivity index is 1.79. The smallest absolute Gasteiger partial charge is 0.00466 e. The van der Waals surface area contributed by atoms with Gasteiger partial charge in [0.1, 0.15) is 0 Å². The molecule has 0 N–H and O–H groups in total. The van der Waals surface area contributed by atoms with E-state index in [2.05, 4.69) is 23.3 Å². The molecular weight excluding hydrogens is 190 g/mol. The Kier molecular flexibility index (Phi) is 3.60. The van der Waals surface area contributed by atoms with Gasteiger partial charge in [0.15, 0.2) is 0 Å². The highest BCUT2D eigenvalue weighted by atomic mass is 32.1. The maximum atomic E-state index is 2.61. The molecule has 2 heterocycles. The van der Waals surface area contributed by atoms with E-state index in [4.69, 9.17) is 0 Å². The number of rotatable bonds is 3. The van der Waals surface area contributed by atoms with Crippen molar-refractivity contribution in [3.8, 4) is 0 Å². The van der Waals surface area contributed by atoms with Gasteiger partial charge in [-0.05, 0) is 56.3 Å². The lowest BCUT2D eigenvalue weighted by Gasteiger charge is -2.26. The Bertz CT molecular complexity index is 274. The molecule has 2 rings (SSSR count). The highest BCUT2D eigenvalue weighted by molar-refractivity contribution is 7.10. The Morgan fingerprint density at radius 2 is 2.07 bits per heavy atom. The molecule has 1 aliphatic heterocycles. The Morgan fingerprint density at radius 1 is 1.29 bits per heavy atom. The maximum absolute atomic E-state index is 2.61. The molecule has 0 saturated carbocycles. The normalized spacial score (nSPS) is 18.6. The van der Waals surface area contributed by atoms with Gasteiger partial charge in [-0.15, -0.1) is 11.3 Å². The zero-order chi connectivity index (χ0) is 9.80. The van der Waals surface area contributed by atoms with Gasteiger partial charge >= 0.3 is 0 Å². The third-order valence-electron chi connectivity index (χ3n) is 3.11. The van der Waals surface area contributed by atoms with E-state index in [1.807, 2.05) is 11.3 Å². The minimum absolute atomic E-state index is 1.25. The summed E-state index contributed by atoms with van der Waals surface area (Å²) in [5.41, 5.74) is 1.56. The molecule has 0 aromatic carbocycles. The van der Waals surface area contributed by atoms with Crippen molar-refractivity contribution >= 4 is 11.3 Å². The average molecular weight is 209 g/mol. The first-order valence-corrected chi connectivity index (χ1v) is 6.49. The summed E-state index contributed by atoms with van der Waals surface area (Å²) in [4.78, 5) is 4.11. The summed E-state index contributed by atoms with van der Waals surface area (Å²) in [6.07, 6.45) is 5.49. The standard InChI is InChI=1S/C12H19NS/c1-11-12(6-10-14-11)5-9-13-7-3-2-4-8-13/h6,10H,2-5,7-9H2,1H3. The van der Waals surface area contributed by atoms with E-state index >= 15 is 0 Å². The lowest BCUT2D eigenvalue weighted by molar-refractivity contribution is 0.231. The van der Waals surface area contributed by atoms with Gasteiger partial charge in [-0.2, -0.15) is 0 Å². The zero-order valence-corrected chi connectivity index (χ0v) is 9.78. The summed E-state index contributed by atoms with van der Waals surface area (Å²) in [6.45, 7) is 6.14. The van der Waals surface area contributed by atoms with Crippen molar-refractivity contribution in [1.82, 2.24) is 4.90 Å². The molecule has 1 saturated heterocycles. The fourth-order valence-electron chi connectivity index (χ4n) is 2.13. The molecule has 78 valence electrons. The number of aryl methyl sites for hydroxylation is 1. The Morgan fingerprint density at radius 3 is 2.71 bits per heavy atom. The first-order valence-electron chi connectivity index (χ1n) is 5.61. The summed E-state index contributed by atoms with van der Waals surface area (Å²) < 4.78 is 0. The van der Waals surface area contributed by atoms with Gasteiger partial charge in [0.25, 0.3) is 0 Å². The molecule has 2 heteroatoms. The molecule has 1 fully saturated rings. The van der Waals surface area contributed by atoms with Crippen LogP contribution in [-0.2, 0) is 6.42 Å². The number of hydrogen-bond donors (Lipinski definition) is 0. The lowest BCUT2D eigenvalue weighted by atomic mass is 10.1. The summed E-state index contributed by atoms with van der Waals surface area (Å²) in [5, 5.41) is 2.21. The molecule has 0 unspecified atom stereocenters. The average Bonchev–Trinajstić information content (AvgIpc) is 2.63. The van der Waals surface area contributed by atoms with Crippen LogP contribution in [0.2, 0.25) is 0 Å². The van der Waals surface area contributed by atoms with E-state index in [0.717, 1.165) is 0 Å². The molecule has 0 radical (unpaired) electrons. The van der Waals surface area contributed by atoms with E-state index in [9.17, 15) is 0 Å². The van der Waals surface area contributed by atoms with Crippen molar-refractivity contribution in [2.75, 3.05) is 19.6 Å². The number of hydrogen-bond acceptors (Lipinski definition) is 2. The van der Waals surface area contributed by atoms with E-state index in [-0.39, 0.29) is 0 Å². The van der Waals surface area contributed by atoms with E-state index in [1.165, 1.54) is 50.2 Å². The second-order valence-corrected chi connectivity index (χ2v) is 5.27. The fraction of sp³-hybridized carbons (Fsp3) is 0.667. The second kappa shape index (κ2) is 4.94. The van der Waals surface area contributed by atoms with Gasteiger partial charge in [-0.25, -0.2) is 0 Å². The molecule has 1 aliphatic rings. The van der Waals surface area contributed by atoms with Crippen molar-refractivity contribution in [2.45, 2.75) is 32.6 Å². The molecule has 1 aromatic rings. The Labute approximate surface area is 90.7 Å². The highest BCUT2D eigenvalue weighted by Gasteiger charge is 2.10. The topological polar surface area (TPSA) is 3.24 Å². The van der Waals surface area contributed by atoms with Crippen LogP contribution in [0.15, 0.2) is 11.4 Å². The molecule has 1 aromatic heterocycles. The van der Waals surface area contributed by atoms with Crippen molar-refractivity contribution in [2.24, 2.45) is 0 Å². The number of likely N-dealkylation sites (tertiary alicyclic amines) is 1. The SMILES string of the molecule is Cc1sccc1CCN1CCCCC1. The number of piperidine rings is 1. The quantitative estimate of drug-likeness (QED) is 0.739. The van der Waals surface area contributed by atoms with E-state index in [1.54, 1.807) is 5.56 Å². The van der Waals surface area contributed by atoms with Crippen LogP contribution in [0, 0.1) is 6.92 Å². The van der Waals surface area contributed by atoms with Crippen molar-refractivity contribution in [3.63, 3.8) is 0 Å². The highest BCUT2D eigenvalue weighted by Crippen LogP contribution is 2.16. The lowest BCUT2D eigenvalue weighted by Crippen LogP contribution is -2.31. The van der Waals surface area contributed by atoms with Crippen molar-refractivity contribution in [3.05, 3.63) is 21.9 Å². The minimum atomic E-state index is 1.25. The predicted molar refractivity (Wildman–Crippen MR) is 63.1 cm³/mol. The molecule has 14 heavy (non-hydrogen) atoms. The van der Waals surface area contributed by atoms with Crippen LogP contribution in [-0.4, -0.2) is 24.5 Å². The molecule has 0 aliphatic carbocycles. The molecule has 0 amide bonds. The summed E-state index contributed by atoms with van der Waals surface area (Å²) in [6, 6.07) is 2.28. The van der Waals surface area contributed by atoms with Gasteiger partial charge in [-0.1, -0.05) is 6.42 Å². The van der Waals surface area contributed by atoms with Crippen LogP contribution >= 0.6 is 11.3 Å². The van der Waals surface area contributed by atoms with Crippen LogP contribution in [0.5, 0.6) is 0 Å². The van der Waals surface area contributed by atoms with Gasteiger partial charge in [0.05, 0.1) is 0 Å². The van der Waals surface area contributed by atoms with Gasteiger partial charge in [0, 0.05) is 11.4 Å². The Hall–Kier alpha value is -0.340. The minimum Gasteiger partial charge on any atom is -0.303 e. The van der Waals surface area contributed by atoms with Crippen molar-refractivity contribution < 1.29 is 0 Å². The third-order valence-corrected chi connectivity index (χ3v) is 4.00. The van der Waals surface area contributed by atoms with E-state index in [0.29, 0.717) is 0 Å². The fourth-order valence-corrected chi connectivity index (χ4v) is 2.89. The first kappa shape index (κ1) is 10.2. The van der Waals surface area contributed by atoms with Crippen LogP contribution < -0.4 is 0 Å². The monoisotopic (exact) mass is 209 g/mol. The summed E-state index contributed by atoms with van der Waals surface area (Å²) in [5.74, 6) is 0. The first-order chi connectivity index (χ1) is 6.86. The van der Waals surface area contributed by atoms with Gasteiger partial charge < -0.3 is 4.90 Å². The van der Waals surface area contributed by atoms with Gasteiger partial charge in [-0.3, -0.25) is 0 Å². The molecule has 0 spiro atoms. The van der Waals surface area contributed by atoms with Gasteiger partial charge in [0.2, 0.25) is 0 Å². The zero-order valence-electron chi connectivity index (χ0n) is 8.96. The third kappa shape index (κ3) is 2.58. The van der Waals surface area contributed by atoms with Crippen LogP contribution in [0.1, 0.15) is 29.7 Å². The molecule has 1 nitrogen and oxygen atoms in total. The largest absolute Gasteiger partial charge is 0.303 e. The molecule has 0 bridgehead atoms. The van der Waals surface area contributed by atoms with Crippen LogP contribution in [0.3, 0.4) is 0 Å². The summed E-state index contributed by atoms with van der Waals surface area (Å²) in [7, 11) is 0. The molecular formula is C12H19NS. The van der Waals surface area contributed by atoms with E-state index < -0.39 is 0 Å². The van der Waals surface area contributed by atoms with Crippen LogP contribution in [0.25, 0.3) is 0 Å². The molecule has 0 atom stereocenters. The maximum Gasteiger partial charge on any atom is 0.00466 e. The number of nitrogens with zero attached hydrogens (tertiary/aromatic N) is 1. The summed E-state index contributed by atoms with van der Waals surface area (Å²) >= 11 is 1.87. The second-order valence-electron chi connectivity index (χ2n) is 4.15.